The Balaban J connectivity index is 2.21. The maximum absolute atomic E-state index is 5.96. The van der Waals surface area contributed by atoms with Crippen LogP contribution in [0.1, 0.15) is 24.1 Å². The summed E-state index contributed by atoms with van der Waals surface area (Å²) in [5.74, 6) is 0.966. The minimum absolute atomic E-state index is 0.00336. The van der Waals surface area contributed by atoms with Crippen molar-refractivity contribution >= 4 is 17.2 Å². The van der Waals surface area contributed by atoms with E-state index < -0.39 is 0 Å². The molecule has 0 fully saturated rings. The van der Waals surface area contributed by atoms with Crippen molar-refractivity contribution in [1.29, 1.82) is 0 Å². The Morgan fingerprint density at radius 1 is 1.47 bits per heavy atom. The summed E-state index contributed by atoms with van der Waals surface area (Å²) in [5.41, 5.74) is 8.35. The Hall–Kier alpha value is -1.39. The third-order valence-electron chi connectivity index (χ3n) is 2.67. The highest BCUT2D eigenvalue weighted by Gasteiger charge is 2.11. The summed E-state index contributed by atoms with van der Waals surface area (Å²) in [6.07, 6.45) is 1.81. The van der Waals surface area contributed by atoms with Gasteiger partial charge in [-0.2, -0.15) is 11.3 Å². The first-order valence-corrected chi connectivity index (χ1v) is 6.55. The molecule has 0 radical (unpaired) electrons. The van der Waals surface area contributed by atoms with Crippen molar-refractivity contribution in [1.82, 2.24) is 4.98 Å². The van der Waals surface area contributed by atoms with Crippen LogP contribution in [0.5, 0.6) is 0 Å². The van der Waals surface area contributed by atoms with Crippen LogP contribution in [0.2, 0.25) is 0 Å². The second kappa shape index (κ2) is 5.29. The van der Waals surface area contributed by atoms with Gasteiger partial charge < -0.3 is 10.6 Å². The molecular weight excluding hydrogens is 230 g/mol. The second-order valence-corrected chi connectivity index (χ2v) is 4.97. The lowest BCUT2D eigenvalue weighted by Crippen LogP contribution is -2.21. The number of nitrogens with two attached hydrogens (primary N) is 1. The van der Waals surface area contributed by atoms with Crippen LogP contribution < -0.4 is 10.6 Å². The SMILES string of the molecule is C[C@H](N)c1cccnc1N(C)Cc1ccsc1. The molecule has 0 unspecified atom stereocenters. The molecular formula is C13H17N3S. The predicted molar refractivity (Wildman–Crippen MR) is 73.3 cm³/mol. The Morgan fingerprint density at radius 3 is 2.94 bits per heavy atom. The van der Waals surface area contributed by atoms with Crippen molar-refractivity contribution in [3.63, 3.8) is 0 Å². The van der Waals surface area contributed by atoms with Crippen LogP contribution in [0.25, 0.3) is 0 Å². The molecule has 0 spiro atoms. The molecule has 0 bridgehead atoms. The maximum Gasteiger partial charge on any atom is 0.133 e. The van der Waals surface area contributed by atoms with Crippen molar-refractivity contribution in [3.8, 4) is 0 Å². The van der Waals surface area contributed by atoms with Crippen LogP contribution in [0.3, 0.4) is 0 Å². The fraction of sp³-hybridized carbons (Fsp3) is 0.308. The predicted octanol–water partition coefficient (Wildman–Crippen LogP) is 2.80. The fourth-order valence-corrected chi connectivity index (χ4v) is 2.47. The topological polar surface area (TPSA) is 42.1 Å². The zero-order chi connectivity index (χ0) is 12.3. The lowest BCUT2D eigenvalue weighted by molar-refractivity contribution is 0.789. The summed E-state index contributed by atoms with van der Waals surface area (Å²) in [6, 6.07) is 6.11. The van der Waals surface area contributed by atoms with Gasteiger partial charge in [0.05, 0.1) is 0 Å². The maximum atomic E-state index is 5.96. The number of nitrogens with zero attached hydrogens (tertiary/aromatic N) is 2. The average Bonchev–Trinajstić information content (AvgIpc) is 2.81. The van der Waals surface area contributed by atoms with E-state index in [9.17, 15) is 0 Å². The lowest BCUT2D eigenvalue weighted by atomic mass is 10.1. The average molecular weight is 247 g/mol. The molecule has 2 N–H and O–H groups in total. The third-order valence-corrected chi connectivity index (χ3v) is 3.40. The van der Waals surface area contributed by atoms with Crippen LogP contribution in [0, 0.1) is 0 Å². The fourth-order valence-electron chi connectivity index (χ4n) is 1.82. The van der Waals surface area contributed by atoms with Gasteiger partial charge in [-0.05, 0) is 35.4 Å². The first-order chi connectivity index (χ1) is 8.18. The number of thiophene rings is 1. The lowest BCUT2D eigenvalue weighted by Gasteiger charge is -2.22. The van der Waals surface area contributed by atoms with Gasteiger partial charge >= 0.3 is 0 Å². The number of rotatable bonds is 4. The van der Waals surface area contributed by atoms with Crippen molar-refractivity contribution in [3.05, 3.63) is 46.3 Å². The number of hydrogen-bond donors (Lipinski definition) is 1. The van der Waals surface area contributed by atoms with Crippen molar-refractivity contribution in [2.75, 3.05) is 11.9 Å². The minimum Gasteiger partial charge on any atom is -0.355 e. The quantitative estimate of drug-likeness (QED) is 0.903. The number of aromatic nitrogens is 1. The van der Waals surface area contributed by atoms with E-state index in [1.54, 1.807) is 11.3 Å². The van der Waals surface area contributed by atoms with E-state index in [2.05, 4.69) is 26.7 Å². The molecule has 0 saturated heterocycles. The van der Waals surface area contributed by atoms with Gasteiger partial charge in [0.2, 0.25) is 0 Å². The van der Waals surface area contributed by atoms with Gasteiger partial charge in [-0.3, -0.25) is 0 Å². The van der Waals surface area contributed by atoms with Crippen LogP contribution >= 0.6 is 11.3 Å². The molecule has 0 aliphatic heterocycles. The monoisotopic (exact) mass is 247 g/mol. The van der Waals surface area contributed by atoms with Gasteiger partial charge in [-0.25, -0.2) is 4.98 Å². The number of hydrogen-bond acceptors (Lipinski definition) is 4. The molecule has 0 aromatic carbocycles. The molecule has 2 aromatic heterocycles. The standard InChI is InChI=1S/C13H17N3S/c1-10(14)12-4-3-6-15-13(12)16(2)8-11-5-7-17-9-11/h3-7,9-10H,8,14H2,1-2H3/t10-/m0/s1. The zero-order valence-corrected chi connectivity index (χ0v) is 10.9. The molecule has 0 saturated carbocycles. The van der Waals surface area contributed by atoms with Gasteiger partial charge in [-0.15, -0.1) is 0 Å². The molecule has 2 rings (SSSR count). The summed E-state index contributed by atoms with van der Waals surface area (Å²) in [6.45, 7) is 2.85. The van der Waals surface area contributed by atoms with E-state index in [1.807, 2.05) is 32.3 Å². The molecule has 2 aromatic rings. The normalized spacial score (nSPS) is 12.4. The molecule has 0 aliphatic carbocycles. The van der Waals surface area contributed by atoms with Crippen LogP contribution in [0.4, 0.5) is 5.82 Å². The summed E-state index contributed by atoms with van der Waals surface area (Å²) in [7, 11) is 2.05. The molecule has 1 atom stereocenters. The van der Waals surface area contributed by atoms with E-state index in [4.69, 9.17) is 5.73 Å². The Morgan fingerprint density at radius 2 is 2.29 bits per heavy atom. The summed E-state index contributed by atoms with van der Waals surface area (Å²) < 4.78 is 0. The first-order valence-electron chi connectivity index (χ1n) is 5.61. The van der Waals surface area contributed by atoms with Gasteiger partial charge in [0.1, 0.15) is 5.82 Å². The summed E-state index contributed by atoms with van der Waals surface area (Å²) in [5, 5.41) is 4.25. The smallest absolute Gasteiger partial charge is 0.133 e. The highest BCUT2D eigenvalue weighted by atomic mass is 32.1. The molecule has 0 amide bonds. The van der Waals surface area contributed by atoms with Crippen molar-refractivity contribution < 1.29 is 0 Å². The van der Waals surface area contributed by atoms with Crippen LogP contribution in [-0.2, 0) is 6.54 Å². The Kier molecular flexibility index (Phi) is 3.76. The van der Waals surface area contributed by atoms with Crippen LogP contribution in [-0.4, -0.2) is 12.0 Å². The zero-order valence-electron chi connectivity index (χ0n) is 10.1. The van der Waals surface area contributed by atoms with E-state index in [1.165, 1.54) is 5.56 Å². The van der Waals surface area contributed by atoms with E-state index in [-0.39, 0.29) is 6.04 Å². The largest absolute Gasteiger partial charge is 0.355 e. The van der Waals surface area contributed by atoms with Gasteiger partial charge in [0.15, 0.2) is 0 Å². The summed E-state index contributed by atoms with van der Waals surface area (Å²) in [4.78, 5) is 6.57. The van der Waals surface area contributed by atoms with Crippen LogP contribution in [0.15, 0.2) is 35.2 Å². The van der Waals surface area contributed by atoms with E-state index >= 15 is 0 Å². The van der Waals surface area contributed by atoms with Gasteiger partial charge in [0.25, 0.3) is 0 Å². The number of anilines is 1. The van der Waals surface area contributed by atoms with Gasteiger partial charge in [0, 0.05) is 31.4 Å². The number of pyridine rings is 1. The first kappa shape index (κ1) is 12.1. The Labute approximate surface area is 106 Å². The Bertz CT molecular complexity index is 465. The van der Waals surface area contributed by atoms with E-state index in [0.717, 1.165) is 17.9 Å². The second-order valence-electron chi connectivity index (χ2n) is 4.19. The highest BCUT2D eigenvalue weighted by Crippen LogP contribution is 2.23. The molecule has 90 valence electrons. The van der Waals surface area contributed by atoms with Gasteiger partial charge in [-0.1, -0.05) is 6.07 Å². The molecule has 17 heavy (non-hydrogen) atoms. The minimum atomic E-state index is 0.00336. The summed E-state index contributed by atoms with van der Waals surface area (Å²) >= 11 is 1.72. The molecule has 3 nitrogen and oxygen atoms in total. The molecule has 2 heterocycles. The van der Waals surface area contributed by atoms with Crippen molar-refractivity contribution in [2.24, 2.45) is 5.73 Å². The van der Waals surface area contributed by atoms with E-state index in [0.29, 0.717) is 0 Å². The van der Waals surface area contributed by atoms with Crippen molar-refractivity contribution in [2.45, 2.75) is 19.5 Å². The molecule has 4 heteroatoms. The highest BCUT2D eigenvalue weighted by molar-refractivity contribution is 7.07. The molecule has 0 aliphatic rings. The third kappa shape index (κ3) is 2.84.